The number of methoxy groups -OCH3 is 1. The summed E-state index contributed by atoms with van der Waals surface area (Å²) in [4.78, 5) is 14.1. The van der Waals surface area contributed by atoms with Gasteiger partial charge in [0.25, 0.3) is 0 Å². The van der Waals surface area contributed by atoms with Gasteiger partial charge in [0.15, 0.2) is 0 Å². The van der Waals surface area contributed by atoms with E-state index in [2.05, 4.69) is 24.1 Å². The smallest absolute Gasteiger partial charge is 0.237 e. The van der Waals surface area contributed by atoms with Crippen LogP contribution in [0.25, 0.3) is 0 Å². The minimum atomic E-state index is -0.584. The van der Waals surface area contributed by atoms with Crippen LogP contribution in [0.5, 0.6) is 0 Å². The van der Waals surface area contributed by atoms with E-state index in [1.54, 1.807) is 7.11 Å². The fourth-order valence-electron chi connectivity index (χ4n) is 2.96. The molecular formula is C16H33N3O2. The van der Waals surface area contributed by atoms with Gasteiger partial charge in [-0.1, -0.05) is 13.8 Å². The number of nitrogens with two attached hydrogens (primary N) is 1. The Bertz CT molecular complexity index is 325. The van der Waals surface area contributed by atoms with Crippen LogP contribution in [-0.4, -0.2) is 55.7 Å². The molecular weight excluding hydrogens is 266 g/mol. The van der Waals surface area contributed by atoms with E-state index >= 15 is 0 Å². The summed E-state index contributed by atoms with van der Waals surface area (Å²) >= 11 is 0. The molecule has 0 aliphatic carbocycles. The maximum absolute atomic E-state index is 11.7. The van der Waals surface area contributed by atoms with Crippen LogP contribution in [0.3, 0.4) is 0 Å². The molecule has 1 amide bonds. The third-order valence-corrected chi connectivity index (χ3v) is 4.74. The number of nitrogens with zero attached hydrogens (tertiary/aromatic N) is 1. The number of hydrogen-bond donors (Lipinski definition) is 2. The average Bonchev–Trinajstić information content (AvgIpc) is 2.46. The van der Waals surface area contributed by atoms with E-state index in [9.17, 15) is 4.79 Å². The van der Waals surface area contributed by atoms with Gasteiger partial charge < -0.3 is 20.7 Å². The fourth-order valence-corrected chi connectivity index (χ4v) is 2.96. The van der Waals surface area contributed by atoms with E-state index in [-0.39, 0.29) is 5.91 Å². The van der Waals surface area contributed by atoms with E-state index in [0.717, 1.165) is 45.4 Å². The molecule has 0 aromatic heterocycles. The first kappa shape index (κ1) is 18.4. The monoisotopic (exact) mass is 299 g/mol. The fraction of sp³-hybridized carbons (Fsp3) is 0.938. The largest absolute Gasteiger partial charge is 0.380 e. The number of nitrogens with one attached hydrogen (secondary N) is 1. The Hall–Kier alpha value is -0.650. The predicted molar refractivity (Wildman–Crippen MR) is 86.1 cm³/mol. The van der Waals surface area contributed by atoms with Crippen molar-refractivity contribution in [2.75, 3.05) is 33.3 Å². The van der Waals surface area contributed by atoms with E-state index in [0.29, 0.717) is 12.0 Å². The zero-order valence-corrected chi connectivity index (χ0v) is 14.2. The highest BCUT2D eigenvalue weighted by atomic mass is 16.5. The van der Waals surface area contributed by atoms with Crippen LogP contribution in [0.2, 0.25) is 0 Å². The van der Waals surface area contributed by atoms with Crippen LogP contribution < -0.4 is 11.1 Å². The van der Waals surface area contributed by atoms with Crippen molar-refractivity contribution in [3.63, 3.8) is 0 Å². The normalized spacial score (nSPS) is 26.5. The van der Waals surface area contributed by atoms with Crippen molar-refractivity contribution in [1.82, 2.24) is 10.2 Å². The van der Waals surface area contributed by atoms with E-state index in [4.69, 9.17) is 10.5 Å². The molecule has 1 rings (SSSR count). The van der Waals surface area contributed by atoms with Crippen molar-refractivity contribution in [3.8, 4) is 0 Å². The van der Waals surface area contributed by atoms with Crippen molar-refractivity contribution in [2.24, 2.45) is 11.7 Å². The highest BCUT2D eigenvalue weighted by Crippen LogP contribution is 2.20. The van der Waals surface area contributed by atoms with Gasteiger partial charge in [-0.25, -0.2) is 0 Å². The van der Waals surface area contributed by atoms with Crippen LogP contribution in [-0.2, 0) is 9.53 Å². The molecule has 1 aliphatic rings. The average molecular weight is 299 g/mol. The van der Waals surface area contributed by atoms with Crippen molar-refractivity contribution in [3.05, 3.63) is 0 Å². The van der Waals surface area contributed by atoms with Crippen molar-refractivity contribution < 1.29 is 9.53 Å². The summed E-state index contributed by atoms with van der Waals surface area (Å²) in [6.07, 6.45) is 4.27. The summed E-state index contributed by atoms with van der Waals surface area (Å²) in [5.74, 6) is 0.381. The highest BCUT2D eigenvalue weighted by Gasteiger charge is 2.30. The van der Waals surface area contributed by atoms with Crippen molar-refractivity contribution in [1.29, 1.82) is 0 Å². The number of piperidine rings is 1. The molecule has 0 radical (unpaired) electrons. The predicted octanol–water partition coefficient (Wildman–Crippen LogP) is 1.37. The number of likely N-dealkylation sites (tertiary alicyclic amines) is 1. The summed E-state index contributed by atoms with van der Waals surface area (Å²) in [7, 11) is 1.80. The second-order valence-electron chi connectivity index (χ2n) is 6.57. The molecule has 3 N–H and O–H groups in total. The number of amides is 1. The second kappa shape index (κ2) is 8.71. The quantitative estimate of drug-likeness (QED) is 0.675. The molecule has 5 heteroatoms. The van der Waals surface area contributed by atoms with E-state index in [1.807, 2.05) is 6.92 Å². The van der Waals surface area contributed by atoms with Gasteiger partial charge in [0.1, 0.15) is 0 Å². The first-order valence-corrected chi connectivity index (χ1v) is 8.23. The molecule has 21 heavy (non-hydrogen) atoms. The van der Waals surface area contributed by atoms with Gasteiger partial charge in [0.05, 0.1) is 11.6 Å². The number of rotatable bonds is 9. The van der Waals surface area contributed by atoms with Crippen LogP contribution in [0, 0.1) is 5.92 Å². The molecule has 1 fully saturated rings. The zero-order valence-electron chi connectivity index (χ0n) is 14.2. The molecule has 0 bridgehead atoms. The maximum atomic E-state index is 11.7. The van der Waals surface area contributed by atoms with Gasteiger partial charge in [0, 0.05) is 13.7 Å². The number of carbonyl (C=O) groups excluding carboxylic acids is 1. The molecule has 0 aromatic rings. The molecule has 1 heterocycles. The summed E-state index contributed by atoms with van der Waals surface area (Å²) in [6, 6.07) is 0. The van der Waals surface area contributed by atoms with Crippen LogP contribution in [0.1, 0.15) is 46.5 Å². The molecule has 1 saturated heterocycles. The van der Waals surface area contributed by atoms with Gasteiger partial charge in [-0.05, 0) is 58.2 Å². The van der Waals surface area contributed by atoms with Gasteiger partial charge >= 0.3 is 0 Å². The lowest BCUT2D eigenvalue weighted by atomic mass is 9.93. The standard InChI is InChI=1S/C16H33N3O2/c1-5-9-18-16(3,15(17)20)8-6-10-19-11-7-13(2)14(12-19)21-4/h13-14,18H,5-12H2,1-4H3,(H2,17,20). The lowest BCUT2D eigenvalue weighted by Gasteiger charge is -2.37. The Morgan fingerprint density at radius 1 is 1.52 bits per heavy atom. The Balaban J connectivity index is 2.38. The number of carbonyl (C=O) groups is 1. The third-order valence-electron chi connectivity index (χ3n) is 4.74. The molecule has 0 aromatic carbocycles. The highest BCUT2D eigenvalue weighted by molar-refractivity contribution is 5.84. The Morgan fingerprint density at radius 3 is 2.81 bits per heavy atom. The maximum Gasteiger partial charge on any atom is 0.237 e. The number of ether oxygens (including phenoxy) is 1. The lowest BCUT2D eigenvalue weighted by molar-refractivity contribution is -0.124. The molecule has 3 unspecified atom stereocenters. The van der Waals surface area contributed by atoms with Gasteiger partial charge in [-0.3, -0.25) is 4.79 Å². The van der Waals surface area contributed by atoms with Gasteiger partial charge in [0.2, 0.25) is 5.91 Å². The van der Waals surface area contributed by atoms with Crippen LogP contribution >= 0.6 is 0 Å². The summed E-state index contributed by atoms with van der Waals surface area (Å²) in [5.41, 5.74) is 4.97. The second-order valence-corrected chi connectivity index (χ2v) is 6.57. The SMILES string of the molecule is CCCNC(C)(CCCN1CCC(C)C(OC)C1)C(N)=O. The van der Waals surface area contributed by atoms with Gasteiger partial charge in [-0.2, -0.15) is 0 Å². The minimum Gasteiger partial charge on any atom is -0.380 e. The number of primary amides is 1. The van der Waals surface area contributed by atoms with E-state index in [1.165, 1.54) is 6.42 Å². The molecule has 0 spiro atoms. The molecule has 124 valence electrons. The molecule has 0 saturated carbocycles. The topological polar surface area (TPSA) is 67.6 Å². The molecule has 3 atom stereocenters. The lowest BCUT2D eigenvalue weighted by Crippen LogP contribution is -2.53. The van der Waals surface area contributed by atoms with Gasteiger partial charge in [-0.15, -0.1) is 0 Å². The molecule has 5 nitrogen and oxygen atoms in total. The Kier molecular flexibility index (Phi) is 7.63. The molecule has 1 aliphatic heterocycles. The number of hydrogen-bond acceptors (Lipinski definition) is 4. The van der Waals surface area contributed by atoms with Crippen molar-refractivity contribution in [2.45, 2.75) is 58.1 Å². The zero-order chi connectivity index (χ0) is 15.9. The third kappa shape index (κ3) is 5.57. The summed E-state index contributed by atoms with van der Waals surface area (Å²) < 4.78 is 5.54. The first-order chi connectivity index (χ1) is 9.92. The summed E-state index contributed by atoms with van der Waals surface area (Å²) in [6.45, 7) is 10.2. The Morgan fingerprint density at radius 2 is 2.24 bits per heavy atom. The summed E-state index contributed by atoms with van der Waals surface area (Å²) in [5, 5.41) is 3.29. The van der Waals surface area contributed by atoms with Crippen LogP contribution in [0.15, 0.2) is 0 Å². The minimum absolute atomic E-state index is 0.252. The van der Waals surface area contributed by atoms with E-state index < -0.39 is 5.54 Å². The van der Waals surface area contributed by atoms with Crippen molar-refractivity contribution >= 4 is 5.91 Å². The van der Waals surface area contributed by atoms with Crippen LogP contribution in [0.4, 0.5) is 0 Å². The Labute approximate surface area is 129 Å². The first-order valence-electron chi connectivity index (χ1n) is 8.23.